The molecule has 3 nitrogen and oxygen atoms in total. The Morgan fingerprint density at radius 3 is 2.37 bits per heavy atom. The summed E-state index contributed by atoms with van der Waals surface area (Å²) in [5.41, 5.74) is -3.43. The second-order valence-corrected chi connectivity index (χ2v) is 8.68. The van der Waals surface area contributed by atoms with E-state index in [2.05, 4.69) is 0 Å². The molecule has 0 saturated heterocycles. The van der Waals surface area contributed by atoms with Crippen LogP contribution >= 0.6 is 0 Å². The molecule has 1 unspecified atom stereocenters. The molecule has 0 aromatic heterocycles. The van der Waals surface area contributed by atoms with Gasteiger partial charge in [0.2, 0.25) is 0 Å². The molecule has 0 aliphatic heterocycles. The van der Waals surface area contributed by atoms with Gasteiger partial charge in [-0.3, -0.25) is 0 Å². The quantitative estimate of drug-likeness (QED) is 0.535. The van der Waals surface area contributed by atoms with Crippen molar-refractivity contribution in [2.75, 3.05) is 7.11 Å². The molecule has 0 heterocycles. The molecule has 0 radical (unpaired) electrons. The van der Waals surface area contributed by atoms with E-state index in [1.807, 2.05) is 20.8 Å². The molecule has 6 heteroatoms. The van der Waals surface area contributed by atoms with Crippen LogP contribution in [0.25, 0.3) is 10.8 Å². The number of esters is 1. The second-order valence-electron chi connectivity index (χ2n) is 8.68. The van der Waals surface area contributed by atoms with Gasteiger partial charge >= 0.3 is 12.1 Å². The number of ether oxygens (including phenoxy) is 2. The molecule has 30 heavy (non-hydrogen) atoms. The summed E-state index contributed by atoms with van der Waals surface area (Å²) in [6, 6.07) is 11.2. The third-order valence-electron chi connectivity index (χ3n) is 6.38. The lowest BCUT2D eigenvalue weighted by atomic mass is 9.75. The number of carbonyl (C=O) groups excluding carboxylic acids is 1. The largest absolute Gasteiger partial charge is 0.459 e. The summed E-state index contributed by atoms with van der Waals surface area (Å²) in [4.78, 5) is 13.3. The minimum absolute atomic E-state index is 0.0282. The molecule has 0 bridgehead atoms. The molecule has 4 atom stereocenters. The Hall–Kier alpha value is -2.08. The number of rotatable bonds is 5. The fraction of sp³-hybridized carbons (Fsp3) is 0.542. The van der Waals surface area contributed by atoms with Crippen LogP contribution in [0.1, 0.15) is 45.6 Å². The summed E-state index contributed by atoms with van der Waals surface area (Å²) in [5.74, 6) is -0.868. The molecule has 3 rings (SSSR count). The molecule has 0 spiro atoms. The maximum atomic E-state index is 14.5. The highest BCUT2D eigenvalue weighted by Crippen LogP contribution is 2.46. The molecular formula is C24H29F3O3. The van der Waals surface area contributed by atoms with E-state index in [1.54, 1.807) is 30.3 Å². The predicted octanol–water partition coefficient (Wildman–Crippen LogP) is 6.25. The zero-order chi connectivity index (χ0) is 22.1. The molecule has 2 aromatic carbocycles. The fourth-order valence-electron chi connectivity index (χ4n) is 4.69. The maximum absolute atomic E-state index is 14.5. The number of carbonyl (C=O) groups is 1. The van der Waals surface area contributed by atoms with Crippen molar-refractivity contribution < 1.29 is 27.4 Å². The number of benzene rings is 2. The fourth-order valence-corrected chi connectivity index (χ4v) is 4.69. The summed E-state index contributed by atoms with van der Waals surface area (Å²) in [6.07, 6.45) is -3.18. The summed E-state index contributed by atoms with van der Waals surface area (Å²) in [5, 5.41) is 0.911. The first-order chi connectivity index (χ1) is 14.1. The van der Waals surface area contributed by atoms with Crippen LogP contribution in [0.5, 0.6) is 0 Å². The Labute approximate surface area is 175 Å². The monoisotopic (exact) mass is 422 g/mol. The number of methoxy groups -OCH3 is 1. The van der Waals surface area contributed by atoms with Gasteiger partial charge in [0.15, 0.2) is 0 Å². The first-order valence-electron chi connectivity index (χ1n) is 10.4. The highest BCUT2D eigenvalue weighted by molar-refractivity contribution is 5.93. The van der Waals surface area contributed by atoms with E-state index >= 15 is 0 Å². The van der Waals surface area contributed by atoms with Crippen LogP contribution in [0, 0.1) is 17.8 Å². The number of halogens is 3. The lowest BCUT2D eigenvalue weighted by Gasteiger charge is -2.40. The molecule has 0 N–H and O–H groups in total. The highest BCUT2D eigenvalue weighted by atomic mass is 19.4. The van der Waals surface area contributed by atoms with Crippen LogP contribution in [0.3, 0.4) is 0 Å². The molecular weight excluding hydrogens is 393 g/mol. The lowest BCUT2D eigenvalue weighted by Crippen LogP contribution is -2.53. The molecule has 1 aliphatic carbocycles. The molecule has 1 saturated carbocycles. The summed E-state index contributed by atoms with van der Waals surface area (Å²) in [7, 11) is 0.917. The Morgan fingerprint density at radius 1 is 1.07 bits per heavy atom. The van der Waals surface area contributed by atoms with Gasteiger partial charge in [0.05, 0.1) is 0 Å². The average molecular weight is 422 g/mol. The number of hydrogen-bond acceptors (Lipinski definition) is 3. The van der Waals surface area contributed by atoms with Gasteiger partial charge in [-0.1, -0.05) is 69.7 Å². The lowest BCUT2D eigenvalue weighted by molar-refractivity contribution is -0.279. The van der Waals surface area contributed by atoms with Crippen LogP contribution in [0.4, 0.5) is 13.2 Å². The SMILES string of the molecule is COC(C(=O)O[C@@H]1C[C@H](C)CC[C@H]1C(C)C)(c1cccc2ccccc12)C(F)(F)F. The standard InChI is InChI=1S/C24H29F3O3/c1-15(2)18-13-12-16(3)14-21(18)30-22(28)23(29-4,24(25,26)27)20-11-7-9-17-8-5-6-10-19(17)20/h5-11,15-16,18,21H,12-14H2,1-4H3/t16-,18+,21-,23?/m1/s1. The molecule has 0 amide bonds. The van der Waals surface area contributed by atoms with Crippen molar-refractivity contribution in [3.8, 4) is 0 Å². The van der Waals surface area contributed by atoms with E-state index in [9.17, 15) is 18.0 Å². The van der Waals surface area contributed by atoms with Gasteiger partial charge in [-0.25, -0.2) is 4.79 Å². The number of hydrogen-bond donors (Lipinski definition) is 0. The Morgan fingerprint density at radius 2 is 1.73 bits per heavy atom. The van der Waals surface area contributed by atoms with Crippen molar-refractivity contribution >= 4 is 16.7 Å². The predicted molar refractivity (Wildman–Crippen MR) is 110 cm³/mol. The van der Waals surface area contributed by atoms with Gasteiger partial charge in [0.1, 0.15) is 6.10 Å². The van der Waals surface area contributed by atoms with Crippen LogP contribution in [-0.2, 0) is 19.9 Å². The summed E-state index contributed by atoms with van der Waals surface area (Å²) in [6.45, 7) is 6.06. The van der Waals surface area contributed by atoms with Crippen molar-refractivity contribution in [3.63, 3.8) is 0 Å². The van der Waals surface area contributed by atoms with Crippen LogP contribution in [0.2, 0.25) is 0 Å². The van der Waals surface area contributed by atoms with E-state index in [4.69, 9.17) is 9.47 Å². The van der Waals surface area contributed by atoms with E-state index in [-0.39, 0.29) is 23.3 Å². The summed E-state index contributed by atoms with van der Waals surface area (Å²) < 4.78 is 54.2. The van der Waals surface area contributed by atoms with E-state index in [1.165, 1.54) is 12.1 Å². The highest BCUT2D eigenvalue weighted by Gasteiger charge is 2.65. The first-order valence-corrected chi connectivity index (χ1v) is 10.4. The zero-order valence-electron chi connectivity index (χ0n) is 17.8. The minimum atomic E-state index is -4.99. The Kier molecular flexibility index (Phi) is 6.46. The van der Waals surface area contributed by atoms with Gasteiger partial charge < -0.3 is 9.47 Å². The van der Waals surface area contributed by atoms with Gasteiger partial charge in [-0.15, -0.1) is 0 Å². The van der Waals surface area contributed by atoms with Crippen LogP contribution in [-0.4, -0.2) is 25.4 Å². The topological polar surface area (TPSA) is 35.5 Å². The van der Waals surface area contributed by atoms with Crippen LogP contribution in [0.15, 0.2) is 42.5 Å². The number of fused-ring (bicyclic) bond motifs is 1. The van der Waals surface area contributed by atoms with Gasteiger partial charge in [0.25, 0.3) is 5.60 Å². The Balaban J connectivity index is 2.09. The maximum Gasteiger partial charge on any atom is 0.432 e. The zero-order valence-corrected chi connectivity index (χ0v) is 17.8. The third kappa shape index (κ3) is 3.94. The third-order valence-corrected chi connectivity index (χ3v) is 6.38. The van der Waals surface area contributed by atoms with Crippen molar-refractivity contribution in [2.24, 2.45) is 17.8 Å². The average Bonchev–Trinajstić information content (AvgIpc) is 2.68. The molecule has 164 valence electrons. The van der Waals surface area contributed by atoms with Crippen molar-refractivity contribution in [2.45, 2.75) is 57.9 Å². The first kappa shape index (κ1) is 22.6. The van der Waals surface area contributed by atoms with Crippen molar-refractivity contribution in [1.82, 2.24) is 0 Å². The normalized spacial score (nSPS) is 24.6. The van der Waals surface area contributed by atoms with E-state index in [0.717, 1.165) is 20.0 Å². The van der Waals surface area contributed by atoms with Gasteiger partial charge in [0, 0.05) is 12.7 Å². The van der Waals surface area contributed by atoms with Gasteiger partial charge in [-0.2, -0.15) is 13.2 Å². The van der Waals surface area contributed by atoms with Crippen LogP contribution < -0.4 is 0 Å². The Bertz CT molecular complexity index is 887. The molecule has 1 aliphatic rings. The number of alkyl halides is 3. The summed E-state index contributed by atoms with van der Waals surface area (Å²) >= 11 is 0. The smallest absolute Gasteiger partial charge is 0.432 e. The van der Waals surface area contributed by atoms with E-state index in [0.29, 0.717) is 17.2 Å². The molecule has 1 fully saturated rings. The second kappa shape index (κ2) is 8.58. The van der Waals surface area contributed by atoms with Crippen molar-refractivity contribution in [1.29, 1.82) is 0 Å². The molecule has 2 aromatic rings. The van der Waals surface area contributed by atoms with Crippen molar-refractivity contribution in [3.05, 3.63) is 48.0 Å². The van der Waals surface area contributed by atoms with Gasteiger partial charge in [-0.05, 0) is 41.4 Å². The van der Waals surface area contributed by atoms with E-state index < -0.39 is 23.9 Å². The minimum Gasteiger partial charge on any atom is -0.459 e.